The number of hydrogen-bond acceptors (Lipinski definition) is 3. The highest BCUT2D eigenvalue weighted by molar-refractivity contribution is 7.89. The number of rotatable bonds is 9. The van der Waals surface area contributed by atoms with E-state index < -0.39 is 10.0 Å². The van der Waals surface area contributed by atoms with Gasteiger partial charge in [0.2, 0.25) is 10.0 Å². The zero-order valence-corrected chi connectivity index (χ0v) is 17.5. The van der Waals surface area contributed by atoms with E-state index in [2.05, 4.69) is 15.6 Å². The predicted octanol–water partition coefficient (Wildman–Crippen LogP) is 2.72. The molecule has 26 heavy (non-hydrogen) atoms. The van der Waals surface area contributed by atoms with Crippen molar-refractivity contribution in [3.05, 3.63) is 0 Å². The van der Waals surface area contributed by atoms with E-state index in [9.17, 15) is 8.42 Å². The van der Waals surface area contributed by atoms with Gasteiger partial charge in [-0.2, -0.15) is 0 Å². The lowest BCUT2D eigenvalue weighted by molar-refractivity contribution is 0.306. The van der Waals surface area contributed by atoms with Crippen molar-refractivity contribution >= 4 is 16.0 Å². The number of nitrogens with zero attached hydrogens (tertiary/aromatic N) is 2. The standard InChI is InChI=1S/C19H38N4O2S/c1-3-16-26(24,25)23-14-11-18(12-15-23)22-19(20-2)21-13-7-6-10-17-8-4-5-9-17/h17-18H,3-16H2,1-2H3,(H2,20,21,22). The van der Waals surface area contributed by atoms with Crippen LogP contribution in [0.15, 0.2) is 4.99 Å². The summed E-state index contributed by atoms with van der Waals surface area (Å²) in [6, 6.07) is 0.299. The van der Waals surface area contributed by atoms with E-state index in [-0.39, 0.29) is 5.75 Å². The van der Waals surface area contributed by atoms with E-state index in [1.54, 1.807) is 11.4 Å². The monoisotopic (exact) mass is 386 g/mol. The Hall–Kier alpha value is -0.820. The van der Waals surface area contributed by atoms with Crippen molar-refractivity contribution in [3.8, 4) is 0 Å². The normalized spacial score (nSPS) is 21.2. The van der Waals surface area contributed by atoms with Crippen LogP contribution in [0.25, 0.3) is 0 Å². The topological polar surface area (TPSA) is 73.8 Å². The maximum atomic E-state index is 12.1. The lowest BCUT2D eigenvalue weighted by Crippen LogP contribution is -2.50. The Bertz CT molecular complexity index is 522. The molecule has 1 aliphatic heterocycles. The Morgan fingerprint density at radius 1 is 1.12 bits per heavy atom. The summed E-state index contributed by atoms with van der Waals surface area (Å²) in [4.78, 5) is 4.32. The van der Waals surface area contributed by atoms with Crippen LogP contribution < -0.4 is 10.6 Å². The molecule has 2 fully saturated rings. The molecule has 2 aliphatic rings. The molecule has 6 nitrogen and oxygen atoms in total. The van der Waals surface area contributed by atoms with E-state index in [0.717, 1.165) is 31.3 Å². The summed E-state index contributed by atoms with van der Waals surface area (Å²) in [5.41, 5.74) is 0. The quantitative estimate of drug-likeness (QED) is 0.363. The molecule has 2 N–H and O–H groups in total. The number of hydrogen-bond donors (Lipinski definition) is 2. The van der Waals surface area contributed by atoms with Gasteiger partial charge in [-0.05, 0) is 31.6 Å². The van der Waals surface area contributed by atoms with Crippen LogP contribution in [0, 0.1) is 5.92 Å². The van der Waals surface area contributed by atoms with Crippen molar-refractivity contribution in [1.29, 1.82) is 0 Å². The van der Waals surface area contributed by atoms with Gasteiger partial charge in [0.05, 0.1) is 5.75 Å². The van der Waals surface area contributed by atoms with Gasteiger partial charge in [-0.3, -0.25) is 4.99 Å². The maximum absolute atomic E-state index is 12.1. The van der Waals surface area contributed by atoms with Crippen molar-refractivity contribution in [3.63, 3.8) is 0 Å². The van der Waals surface area contributed by atoms with Crippen LogP contribution in [-0.4, -0.2) is 57.2 Å². The maximum Gasteiger partial charge on any atom is 0.214 e. The highest BCUT2D eigenvalue weighted by Crippen LogP contribution is 2.28. The molecule has 0 unspecified atom stereocenters. The summed E-state index contributed by atoms with van der Waals surface area (Å²) in [7, 11) is -1.26. The number of unbranched alkanes of at least 4 members (excludes halogenated alkanes) is 1. The Morgan fingerprint density at radius 2 is 1.81 bits per heavy atom. The zero-order chi connectivity index (χ0) is 18.8. The molecule has 0 aromatic carbocycles. The SMILES string of the molecule is CCCS(=O)(=O)N1CCC(NC(=NC)NCCCCC2CCCC2)CC1. The average molecular weight is 387 g/mol. The minimum Gasteiger partial charge on any atom is -0.356 e. The molecule has 0 atom stereocenters. The fourth-order valence-electron chi connectivity index (χ4n) is 4.12. The molecule has 0 radical (unpaired) electrons. The first-order valence-corrected chi connectivity index (χ1v) is 12.1. The van der Waals surface area contributed by atoms with Gasteiger partial charge in [-0.15, -0.1) is 0 Å². The van der Waals surface area contributed by atoms with Gasteiger partial charge >= 0.3 is 0 Å². The second kappa shape index (κ2) is 11.1. The summed E-state index contributed by atoms with van der Waals surface area (Å²) in [5.74, 6) is 2.08. The molecular weight excluding hydrogens is 348 g/mol. The fourth-order valence-corrected chi connectivity index (χ4v) is 5.66. The van der Waals surface area contributed by atoms with Gasteiger partial charge in [0.25, 0.3) is 0 Å². The van der Waals surface area contributed by atoms with Crippen LogP contribution in [0.1, 0.15) is 71.1 Å². The molecule has 152 valence electrons. The van der Waals surface area contributed by atoms with Gasteiger partial charge in [0, 0.05) is 32.7 Å². The van der Waals surface area contributed by atoms with Crippen LogP contribution in [0.3, 0.4) is 0 Å². The van der Waals surface area contributed by atoms with Gasteiger partial charge in [0.15, 0.2) is 5.96 Å². The van der Waals surface area contributed by atoms with Crippen molar-refractivity contribution in [2.45, 2.75) is 77.2 Å². The minimum atomic E-state index is -3.06. The van der Waals surface area contributed by atoms with Crippen LogP contribution in [0.2, 0.25) is 0 Å². The third kappa shape index (κ3) is 7.06. The molecule has 1 aliphatic carbocycles. The van der Waals surface area contributed by atoms with Gasteiger partial charge in [-0.25, -0.2) is 12.7 Å². The average Bonchev–Trinajstić information content (AvgIpc) is 3.14. The second-order valence-corrected chi connectivity index (χ2v) is 9.87. The summed E-state index contributed by atoms with van der Waals surface area (Å²) in [6.45, 7) is 4.09. The molecule has 7 heteroatoms. The molecule has 0 spiro atoms. The number of sulfonamides is 1. The van der Waals surface area contributed by atoms with Crippen LogP contribution in [-0.2, 0) is 10.0 Å². The Balaban J connectivity index is 1.61. The minimum absolute atomic E-state index is 0.259. The van der Waals surface area contributed by atoms with Crippen LogP contribution >= 0.6 is 0 Å². The Kier molecular flexibility index (Phi) is 9.19. The number of nitrogens with one attached hydrogen (secondary N) is 2. The smallest absolute Gasteiger partial charge is 0.214 e. The van der Waals surface area contributed by atoms with Crippen LogP contribution in [0.5, 0.6) is 0 Å². The summed E-state index contributed by atoms with van der Waals surface area (Å²) in [6.07, 6.45) is 11.9. The third-order valence-electron chi connectivity index (χ3n) is 5.68. The largest absolute Gasteiger partial charge is 0.356 e. The molecular formula is C19H38N4O2S. The second-order valence-electron chi connectivity index (χ2n) is 7.78. The molecule has 1 saturated heterocycles. The van der Waals surface area contributed by atoms with E-state index in [4.69, 9.17) is 0 Å². The van der Waals surface area contributed by atoms with Gasteiger partial charge in [-0.1, -0.05) is 45.4 Å². The summed E-state index contributed by atoms with van der Waals surface area (Å²) < 4.78 is 25.9. The van der Waals surface area contributed by atoms with Crippen molar-refractivity contribution in [2.24, 2.45) is 10.9 Å². The van der Waals surface area contributed by atoms with E-state index in [1.165, 1.54) is 44.9 Å². The van der Waals surface area contributed by atoms with Gasteiger partial charge in [0.1, 0.15) is 0 Å². The molecule has 1 saturated carbocycles. The highest BCUT2D eigenvalue weighted by atomic mass is 32.2. The molecule has 0 aromatic rings. The molecule has 0 amide bonds. The summed E-state index contributed by atoms with van der Waals surface area (Å²) >= 11 is 0. The Morgan fingerprint density at radius 3 is 2.42 bits per heavy atom. The number of piperidine rings is 1. The van der Waals surface area contributed by atoms with Crippen molar-refractivity contribution in [1.82, 2.24) is 14.9 Å². The fraction of sp³-hybridized carbons (Fsp3) is 0.947. The molecule has 0 aromatic heterocycles. The van der Waals surface area contributed by atoms with E-state index in [1.807, 2.05) is 6.92 Å². The summed E-state index contributed by atoms with van der Waals surface area (Å²) in [5, 5.41) is 6.87. The van der Waals surface area contributed by atoms with Crippen LogP contribution in [0.4, 0.5) is 0 Å². The van der Waals surface area contributed by atoms with E-state index >= 15 is 0 Å². The number of aliphatic imine (C=N–C) groups is 1. The molecule has 1 heterocycles. The van der Waals surface area contributed by atoms with Crippen molar-refractivity contribution < 1.29 is 8.42 Å². The lowest BCUT2D eigenvalue weighted by Gasteiger charge is -2.32. The third-order valence-corrected chi connectivity index (χ3v) is 7.76. The lowest BCUT2D eigenvalue weighted by atomic mass is 10.0. The number of guanidine groups is 1. The first-order valence-electron chi connectivity index (χ1n) is 10.5. The zero-order valence-electron chi connectivity index (χ0n) is 16.7. The molecule has 2 rings (SSSR count). The first kappa shape index (κ1) is 21.5. The van der Waals surface area contributed by atoms with Crippen molar-refractivity contribution in [2.75, 3.05) is 32.4 Å². The highest BCUT2D eigenvalue weighted by Gasteiger charge is 2.27. The van der Waals surface area contributed by atoms with Gasteiger partial charge < -0.3 is 10.6 Å². The van der Waals surface area contributed by atoms with E-state index in [0.29, 0.717) is 25.6 Å². The molecule has 0 bridgehead atoms. The Labute approximate surface area is 160 Å². The predicted molar refractivity (Wildman–Crippen MR) is 109 cm³/mol. The first-order chi connectivity index (χ1) is 12.5.